The minimum Gasteiger partial charge on any atom is -0.481 e. The van der Waals surface area contributed by atoms with Crippen molar-refractivity contribution in [3.05, 3.63) is 0 Å². The first-order valence-corrected chi connectivity index (χ1v) is 7.46. The minimum atomic E-state index is -0.963. The number of carboxylic acids is 1. The number of hydrogen-bond donors (Lipinski definition) is 2. The number of carboxylic acid groups (broad SMARTS) is 1. The van der Waals surface area contributed by atoms with E-state index in [-0.39, 0.29) is 11.3 Å². The lowest BCUT2D eigenvalue weighted by molar-refractivity contribution is -0.151. The van der Waals surface area contributed by atoms with Crippen LogP contribution in [0.5, 0.6) is 0 Å². The van der Waals surface area contributed by atoms with Crippen LogP contribution < -0.4 is 5.32 Å². The van der Waals surface area contributed by atoms with Crippen molar-refractivity contribution in [1.29, 1.82) is 0 Å². The lowest BCUT2D eigenvalue weighted by Crippen LogP contribution is -2.48. The molecule has 0 aromatic rings. The largest absolute Gasteiger partial charge is 0.481 e. The Labute approximate surface area is 113 Å². The van der Waals surface area contributed by atoms with Crippen LogP contribution in [0, 0.1) is 29.1 Å². The van der Waals surface area contributed by atoms with Crippen molar-refractivity contribution in [2.24, 2.45) is 29.1 Å². The highest BCUT2D eigenvalue weighted by atomic mass is 16.4. The molecule has 4 heteroatoms. The molecule has 1 unspecified atom stereocenters. The summed E-state index contributed by atoms with van der Waals surface area (Å²) in [6, 6.07) is 0. The van der Waals surface area contributed by atoms with E-state index in [4.69, 9.17) is 0 Å². The summed E-state index contributed by atoms with van der Waals surface area (Å²) >= 11 is 0. The van der Waals surface area contributed by atoms with Gasteiger partial charge in [0.25, 0.3) is 0 Å². The summed E-state index contributed by atoms with van der Waals surface area (Å²) < 4.78 is 0. The fourth-order valence-corrected chi connectivity index (χ4v) is 5.44. The molecule has 0 aromatic carbocycles. The number of hydrogen-bond acceptors (Lipinski definition) is 2. The van der Waals surface area contributed by atoms with Crippen molar-refractivity contribution in [3.63, 3.8) is 0 Å². The summed E-state index contributed by atoms with van der Waals surface area (Å²) in [5, 5.41) is 11.8. The summed E-state index contributed by atoms with van der Waals surface area (Å²) in [6.07, 6.45) is 8.04. The molecule has 2 N–H and O–H groups in total. The van der Waals surface area contributed by atoms with Crippen LogP contribution in [-0.4, -0.2) is 24.0 Å². The summed E-state index contributed by atoms with van der Waals surface area (Å²) in [5.41, 5.74) is 0.143. The molecule has 0 saturated heterocycles. The van der Waals surface area contributed by atoms with Crippen LogP contribution in [0.4, 0.5) is 0 Å². The number of rotatable bonds is 4. The monoisotopic (exact) mass is 265 g/mol. The fraction of sp³-hybridized carbons (Fsp3) is 0.867. The quantitative estimate of drug-likeness (QED) is 0.764. The number of carbonyl (C=O) groups excluding carboxylic acids is 1. The zero-order chi connectivity index (χ0) is 13.6. The maximum absolute atomic E-state index is 11.8. The van der Waals surface area contributed by atoms with Crippen molar-refractivity contribution in [3.8, 4) is 0 Å². The van der Waals surface area contributed by atoms with E-state index in [9.17, 15) is 14.7 Å². The van der Waals surface area contributed by atoms with Crippen LogP contribution in [-0.2, 0) is 9.59 Å². The van der Waals surface area contributed by atoms with Crippen LogP contribution in [0.2, 0.25) is 0 Å². The van der Waals surface area contributed by atoms with E-state index in [1.165, 1.54) is 26.3 Å². The third kappa shape index (κ3) is 2.26. The van der Waals surface area contributed by atoms with Crippen molar-refractivity contribution < 1.29 is 14.7 Å². The molecule has 4 bridgehead atoms. The average molecular weight is 265 g/mol. The Kier molecular flexibility index (Phi) is 3.06. The first kappa shape index (κ1) is 12.9. The molecule has 4 fully saturated rings. The van der Waals surface area contributed by atoms with Crippen molar-refractivity contribution >= 4 is 11.9 Å². The Balaban J connectivity index is 1.78. The summed E-state index contributed by atoms with van der Waals surface area (Å²) in [7, 11) is 1.53. The normalized spacial score (nSPS) is 41.0. The number of carbonyl (C=O) groups is 2. The Morgan fingerprint density at radius 1 is 1.16 bits per heavy atom. The number of amides is 1. The summed E-state index contributed by atoms with van der Waals surface area (Å²) in [5.74, 6) is 0.237. The van der Waals surface area contributed by atoms with Gasteiger partial charge < -0.3 is 10.4 Å². The Morgan fingerprint density at radius 2 is 1.63 bits per heavy atom. The summed E-state index contributed by atoms with van der Waals surface area (Å²) in [4.78, 5) is 23.1. The average Bonchev–Trinajstić information content (AvgIpc) is 2.33. The van der Waals surface area contributed by atoms with Crippen LogP contribution in [0.25, 0.3) is 0 Å². The Hall–Kier alpha value is -1.06. The smallest absolute Gasteiger partial charge is 0.316 e. The molecule has 0 aliphatic heterocycles. The molecule has 1 amide bonds. The fourth-order valence-electron chi connectivity index (χ4n) is 5.44. The van der Waals surface area contributed by atoms with E-state index in [1.807, 2.05) is 0 Å². The van der Waals surface area contributed by atoms with Crippen molar-refractivity contribution in [2.45, 2.75) is 44.9 Å². The van der Waals surface area contributed by atoms with Gasteiger partial charge in [-0.25, -0.2) is 0 Å². The van der Waals surface area contributed by atoms with Crippen molar-refractivity contribution in [2.75, 3.05) is 7.05 Å². The molecule has 4 rings (SSSR count). The number of nitrogens with one attached hydrogen (secondary N) is 1. The second-order valence-corrected chi connectivity index (χ2v) is 7.13. The highest BCUT2D eigenvalue weighted by Gasteiger charge is 2.52. The lowest BCUT2D eigenvalue weighted by atomic mass is 9.48. The van der Waals surface area contributed by atoms with Gasteiger partial charge in [0.15, 0.2) is 0 Å². The molecule has 19 heavy (non-hydrogen) atoms. The molecule has 1 atom stereocenters. The maximum atomic E-state index is 11.8. The van der Waals surface area contributed by atoms with Crippen LogP contribution in [0.1, 0.15) is 44.9 Å². The molecule has 4 aliphatic carbocycles. The third-order valence-corrected chi connectivity index (χ3v) is 5.66. The van der Waals surface area contributed by atoms with Gasteiger partial charge >= 0.3 is 5.97 Å². The van der Waals surface area contributed by atoms with Gasteiger partial charge in [0.2, 0.25) is 5.91 Å². The van der Waals surface area contributed by atoms with Gasteiger partial charge in [-0.05, 0) is 68.1 Å². The molecule has 4 nitrogen and oxygen atoms in total. The van der Waals surface area contributed by atoms with Crippen molar-refractivity contribution in [1.82, 2.24) is 5.32 Å². The predicted molar refractivity (Wildman–Crippen MR) is 70.4 cm³/mol. The third-order valence-electron chi connectivity index (χ3n) is 5.66. The van der Waals surface area contributed by atoms with Crippen LogP contribution >= 0.6 is 0 Å². The van der Waals surface area contributed by atoms with Gasteiger partial charge in [0, 0.05) is 7.05 Å². The Bertz CT molecular complexity index is 369. The molecule has 4 saturated carbocycles. The molecular weight excluding hydrogens is 242 g/mol. The molecule has 106 valence electrons. The highest BCUT2D eigenvalue weighted by molar-refractivity contribution is 5.96. The van der Waals surface area contributed by atoms with Crippen LogP contribution in [0.15, 0.2) is 0 Å². The van der Waals surface area contributed by atoms with Gasteiger partial charge in [-0.1, -0.05) is 0 Å². The van der Waals surface area contributed by atoms with E-state index in [0.29, 0.717) is 6.42 Å². The summed E-state index contributed by atoms with van der Waals surface area (Å²) in [6.45, 7) is 0. The lowest BCUT2D eigenvalue weighted by Gasteiger charge is -2.57. The molecular formula is C15H23NO3. The van der Waals surface area contributed by atoms with E-state index in [1.54, 1.807) is 0 Å². The number of aliphatic carboxylic acids is 1. The van der Waals surface area contributed by atoms with Gasteiger partial charge in [0.05, 0.1) is 0 Å². The maximum Gasteiger partial charge on any atom is 0.316 e. The van der Waals surface area contributed by atoms with E-state index < -0.39 is 11.9 Å². The van der Waals surface area contributed by atoms with Gasteiger partial charge in [-0.3, -0.25) is 9.59 Å². The van der Waals surface area contributed by atoms with E-state index in [2.05, 4.69) is 5.32 Å². The first-order valence-electron chi connectivity index (χ1n) is 7.46. The second kappa shape index (κ2) is 4.50. The second-order valence-electron chi connectivity index (χ2n) is 7.13. The van der Waals surface area contributed by atoms with E-state index >= 15 is 0 Å². The zero-order valence-corrected chi connectivity index (χ0v) is 11.5. The molecule has 0 radical (unpaired) electrons. The molecule has 0 aromatic heterocycles. The topological polar surface area (TPSA) is 66.4 Å². The minimum absolute atomic E-state index is 0.143. The molecule has 0 heterocycles. The SMILES string of the molecule is CNC(=O)C(CC12CC3CC(CC(C3)C1)C2)C(=O)O. The molecule has 4 aliphatic rings. The Morgan fingerprint density at radius 3 is 2.00 bits per heavy atom. The van der Waals surface area contributed by atoms with Gasteiger partial charge in [0.1, 0.15) is 5.92 Å². The van der Waals surface area contributed by atoms with Gasteiger partial charge in [-0.2, -0.15) is 0 Å². The standard InChI is InChI=1S/C15H23NO3/c1-16-13(17)12(14(18)19)8-15-5-9-2-10(6-15)4-11(3-9)7-15/h9-12H,2-8H2,1H3,(H,16,17)(H,18,19). The zero-order valence-electron chi connectivity index (χ0n) is 11.5. The van der Waals surface area contributed by atoms with E-state index in [0.717, 1.165) is 37.0 Å². The first-order chi connectivity index (χ1) is 9.01. The predicted octanol–water partition coefficient (Wildman–Crippen LogP) is 2.04. The highest BCUT2D eigenvalue weighted by Crippen LogP contribution is 2.62. The van der Waals surface area contributed by atoms with Crippen LogP contribution in [0.3, 0.4) is 0 Å². The van der Waals surface area contributed by atoms with Gasteiger partial charge in [-0.15, -0.1) is 0 Å². The molecule has 0 spiro atoms.